The lowest BCUT2D eigenvalue weighted by molar-refractivity contribution is -0.162. The molecule has 1 aliphatic rings. The summed E-state index contributed by atoms with van der Waals surface area (Å²) in [6, 6.07) is 16.6. The molecule has 30 heavy (non-hydrogen) atoms. The van der Waals surface area contributed by atoms with Crippen molar-refractivity contribution in [2.75, 3.05) is 13.2 Å². The molecule has 7 nitrogen and oxygen atoms in total. The van der Waals surface area contributed by atoms with Crippen LogP contribution < -0.4 is 4.74 Å². The van der Waals surface area contributed by atoms with Gasteiger partial charge < -0.3 is 19.4 Å². The van der Waals surface area contributed by atoms with Gasteiger partial charge in [-0.2, -0.15) is 0 Å². The second kappa shape index (κ2) is 9.37. The molecule has 7 heteroatoms. The van der Waals surface area contributed by atoms with Crippen molar-refractivity contribution in [3.8, 4) is 5.75 Å². The molecule has 0 bridgehead atoms. The van der Waals surface area contributed by atoms with E-state index < -0.39 is 12.3 Å². The van der Waals surface area contributed by atoms with Gasteiger partial charge in [0.05, 0.1) is 17.9 Å². The molecule has 0 radical (unpaired) electrons. The van der Waals surface area contributed by atoms with Crippen LogP contribution in [0.25, 0.3) is 10.8 Å². The van der Waals surface area contributed by atoms with Crippen molar-refractivity contribution in [1.29, 1.82) is 0 Å². The second-order valence-corrected chi connectivity index (χ2v) is 6.94. The van der Waals surface area contributed by atoms with E-state index in [9.17, 15) is 9.90 Å². The Morgan fingerprint density at radius 1 is 1.17 bits per heavy atom. The molecule has 1 aromatic heterocycles. The van der Waals surface area contributed by atoms with Gasteiger partial charge in [0.15, 0.2) is 0 Å². The van der Waals surface area contributed by atoms with Crippen molar-refractivity contribution in [1.82, 2.24) is 4.98 Å². The molecule has 1 saturated heterocycles. The zero-order chi connectivity index (χ0) is 20.8. The van der Waals surface area contributed by atoms with Gasteiger partial charge >= 0.3 is 5.97 Å². The standard InChI is InChI=1S/C23H22N2O5/c26-23(27)17-11-12-24-19(14-17)20(25-30-22-10-3-4-13-28-22)15-29-21-9-5-7-16-6-1-2-8-18(16)21/h1-2,5-9,11-12,14,22H,3-4,10,13,15H2,(H,26,27)/b25-20+. The van der Waals surface area contributed by atoms with Crippen LogP contribution in [0, 0.1) is 0 Å². The summed E-state index contributed by atoms with van der Waals surface area (Å²) in [5.41, 5.74) is 0.887. The molecule has 3 aromatic rings. The maximum Gasteiger partial charge on any atom is 0.335 e. The van der Waals surface area contributed by atoms with Crippen molar-refractivity contribution in [2.45, 2.75) is 25.6 Å². The number of hydrogen-bond acceptors (Lipinski definition) is 6. The Kier molecular flexibility index (Phi) is 6.20. The Labute approximate surface area is 173 Å². The van der Waals surface area contributed by atoms with Crippen molar-refractivity contribution in [2.24, 2.45) is 5.16 Å². The Morgan fingerprint density at radius 2 is 2.03 bits per heavy atom. The number of benzene rings is 2. The van der Waals surface area contributed by atoms with Crippen LogP contribution in [0.3, 0.4) is 0 Å². The second-order valence-electron chi connectivity index (χ2n) is 6.94. The molecule has 0 amide bonds. The predicted molar refractivity (Wildman–Crippen MR) is 112 cm³/mol. The van der Waals surface area contributed by atoms with Gasteiger partial charge in [-0.25, -0.2) is 4.79 Å². The molecule has 1 atom stereocenters. The van der Waals surface area contributed by atoms with E-state index in [-0.39, 0.29) is 12.2 Å². The molecule has 4 rings (SSSR count). The van der Waals surface area contributed by atoms with E-state index in [1.165, 1.54) is 18.3 Å². The Hall–Kier alpha value is -3.45. The minimum atomic E-state index is -1.04. The SMILES string of the molecule is O=C(O)c1ccnc(/C(COc2cccc3ccccc23)=N/OC2CCCCO2)c1. The molecule has 2 aromatic carbocycles. The highest BCUT2D eigenvalue weighted by Crippen LogP contribution is 2.25. The number of hydrogen-bond donors (Lipinski definition) is 1. The molecular weight excluding hydrogens is 384 g/mol. The van der Waals surface area contributed by atoms with Crippen LogP contribution in [0.1, 0.15) is 35.3 Å². The Bertz CT molecular complexity index is 1050. The van der Waals surface area contributed by atoms with Crippen LogP contribution in [0.2, 0.25) is 0 Å². The topological polar surface area (TPSA) is 90.2 Å². The van der Waals surface area contributed by atoms with Crippen molar-refractivity contribution in [3.63, 3.8) is 0 Å². The first-order valence-electron chi connectivity index (χ1n) is 9.85. The highest BCUT2D eigenvalue weighted by atomic mass is 16.8. The molecule has 2 heterocycles. The molecule has 0 spiro atoms. The predicted octanol–water partition coefficient (Wildman–Crippen LogP) is 4.26. The number of fused-ring (bicyclic) bond motifs is 1. The highest BCUT2D eigenvalue weighted by molar-refractivity contribution is 6.01. The molecular formula is C23H22N2O5. The molecule has 1 N–H and O–H groups in total. The van der Waals surface area contributed by atoms with E-state index in [1.54, 1.807) is 0 Å². The van der Waals surface area contributed by atoms with Gasteiger partial charge in [0.2, 0.25) is 6.29 Å². The number of pyridine rings is 1. The average molecular weight is 406 g/mol. The summed E-state index contributed by atoms with van der Waals surface area (Å²) in [5.74, 6) is -0.339. The van der Waals surface area contributed by atoms with E-state index in [0.29, 0.717) is 23.8 Å². The first-order chi connectivity index (χ1) is 14.7. The van der Waals surface area contributed by atoms with Crippen molar-refractivity contribution >= 4 is 22.5 Å². The number of aromatic nitrogens is 1. The van der Waals surface area contributed by atoms with Gasteiger partial charge in [-0.3, -0.25) is 4.98 Å². The number of carbonyl (C=O) groups is 1. The van der Waals surface area contributed by atoms with Gasteiger partial charge in [-0.05, 0) is 36.4 Å². The van der Waals surface area contributed by atoms with Crippen molar-refractivity contribution in [3.05, 3.63) is 72.1 Å². The van der Waals surface area contributed by atoms with Crippen LogP contribution in [-0.4, -0.2) is 41.3 Å². The number of carboxylic acid groups (broad SMARTS) is 1. The minimum Gasteiger partial charge on any atom is -0.486 e. The fraction of sp³-hybridized carbons (Fsp3) is 0.261. The molecule has 154 valence electrons. The van der Waals surface area contributed by atoms with Gasteiger partial charge in [0.25, 0.3) is 0 Å². The molecule has 0 saturated carbocycles. The zero-order valence-corrected chi connectivity index (χ0v) is 16.4. The zero-order valence-electron chi connectivity index (χ0n) is 16.4. The molecule has 0 aliphatic carbocycles. The first kappa shape index (κ1) is 19.8. The van der Waals surface area contributed by atoms with Crippen LogP contribution in [-0.2, 0) is 9.57 Å². The summed E-state index contributed by atoms with van der Waals surface area (Å²) >= 11 is 0. The van der Waals surface area contributed by atoms with E-state index in [1.807, 2.05) is 42.5 Å². The third-order valence-electron chi connectivity index (χ3n) is 4.83. The maximum atomic E-state index is 11.4. The van der Waals surface area contributed by atoms with Gasteiger partial charge in [0, 0.05) is 18.0 Å². The minimum absolute atomic E-state index is 0.0663. The lowest BCUT2D eigenvalue weighted by Gasteiger charge is -2.20. The van der Waals surface area contributed by atoms with Crippen LogP contribution in [0.15, 0.2) is 65.9 Å². The summed E-state index contributed by atoms with van der Waals surface area (Å²) < 4.78 is 11.6. The highest BCUT2D eigenvalue weighted by Gasteiger charge is 2.17. The summed E-state index contributed by atoms with van der Waals surface area (Å²) in [5, 5.41) is 15.6. The van der Waals surface area contributed by atoms with E-state index in [0.717, 1.165) is 30.0 Å². The number of nitrogens with zero attached hydrogens (tertiary/aromatic N) is 2. The smallest absolute Gasteiger partial charge is 0.335 e. The lowest BCUT2D eigenvalue weighted by Crippen LogP contribution is -2.22. The summed E-state index contributed by atoms with van der Waals surface area (Å²) in [4.78, 5) is 21.2. The Balaban J connectivity index is 1.59. The number of aromatic carboxylic acids is 1. The van der Waals surface area contributed by atoms with Gasteiger partial charge in [-0.1, -0.05) is 41.6 Å². The summed E-state index contributed by atoms with van der Waals surface area (Å²) in [6.45, 7) is 0.700. The van der Waals surface area contributed by atoms with E-state index >= 15 is 0 Å². The lowest BCUT2D eigenvalue weighted by atomic mass is 10.1. The maximum absolute atomic E-state index is 11.4. The monoisotopic (exact) mass is 406 g/mol. The van der Waals surface area contributed by atoms with Crippen molar-refractivity contribution < 1.29 is 24.2 Å². The molecule has 1 fully saturated rings. The number of oxime groups is 1. The number of carboxylic acids is 1. The van der Waals surface area contributed by atoms with Gasteiger partial charge in [0.1, 0.15) is 18.1 Å². The third-order valence-corrected chi connectivity index (χ3v) is 4.83. The van der Waals surface area contributed by atoms with Crippen LogP contribution in [0.4, 0.5) is 0 Å². The summed E-state index contributed by atoms with van der Waals surface area (Å²) in [7, 11) is 0. The van der Waals surface area contributed by atoms with Crippen LogP contribution in [0.5, 0.6) is 5.75 Å². The number of ether oxygens (including phenoxy) is 2. The Morgan fingerprint density at radius 3 is 2.87 bits per heavy atom. The fourth-order valence-electron chi connectivity index (χ4n) is 3.25. The largest absolute Gasteiger partial charge is 0.486 e. The normalized spacial score (nSPS) is 16.9. The third kappa shape index (κ3) is 4.75. The van der Waals surface area contributed by atoms with E-state index in [2.05, 4.69) is 10.1 Å². The fourth-order valence-corrected chi connectivity index (χ4v) is 3.25. The quantitative estimate of drug-likeness (QED) is 0.466. The molecule has 1 unspecified atom stereocenters. The average Bonchev–Trinajstić information content (AvgIpc) is 2.80. The van der Waals surface area contributed by atoms with Gasteiger partial charge in [-0.15, -0.1) is 0 Å². The van der Waals surface area contributed by atoms with E-state index in [4.69, 9.17) is 14.3 Å². The summed E-state index contributed by atoms with van der Waals surface area (Å²) in [6.07, 6.45) is 3.78. The number of rotatable bonds is 7. The first-order valence-corrected chi connectivity index (χ1v) is 9.85. The van der Waals surface area contributed by atoms with Crippen LogP contribution >= 0.6 is 0 Å². The molecule has 1 aliphatic heterocycles.